The number of ether oxygens (including phenoxy) is 2. The zero-order chi connectivity index (χ0) is 20.5. The Hall–Kier alpha value is -2.85. The van der Waals surface area contributed by atoms with Crippen LogP contribution >= 0.6 is 27.7 Å². The molecule has 2 aliphatic heterocycles. The smallest absolute Gasteiger partial charge is 0.283 e. The quantitative estimate of drug-likeness (QED) is 0.658. The van der Waals surface area contributed by atoms with E-state index in [9.17, 15) is 4.79 Å². The molecule has 0 spiro atoms. The average molecular weight is 475 g/mol. The highest BCUT2D eigenvalue weighted by Gasteiger charge is 2.35. The Morgan fingerprint density at radius 2 is 2.03 bits per heavy atom. The van der Waals surface area contributed by atoms with Crippen molar-refractivity contribution in [3.8, 4) is 11.5 Å². The molecule has 10 heteroatoms. The number of carbonyl (C=O) groups excluding carboxylic acids is 1. The van der Waals surface area contributed by atoms with Crippen LogP contribution in [0.4, 0.5) is 0 Å². The number of furan rings is 1. The van der Waals surface area contributed by atoms with Crippen LogP contribution in [0.25, 0.3) is 6.08 Å². The number of nitrogens with one attached hydrogen (secondary N) is 1. The number of carbonyl (C=O) groups is 1. The van der Waals surface area contributed by atoms with Gasteiger partial charge >= 0.3 is 0 Å². The van der Waals surface area contributed by atoms with Gasteiger partial charge in [-0.05, 0) is 63.6 Å². The number of amidine groups is 2. The molecule has 8 nitrogen and oxygen atoms in total. The molecule has 0 aliphatic carbocycles. The molecular formula is C19H15BrN4O4S. The summed E-state index contributed by atoms with van der Waals surface area (Å²) in [6, 6.07) is 9.02. The Morgan fingerprint density at radius 1 is 1.24 bits per heavy atom. The maximum Gasteiger partial charge on any atom is 0.283 e. The Bertz CT molecular complexity index is 1110. The van der Waals surface area contributed by atoms with Crippen molar-refractivity contribution in [2.24, 2.45) is 10.1 Å². The lowest BCUT2D eigenvalue weighted by Gasteiger charge is -2.19. The molecule has 0 atom stereocenters. The number of hydrogen-bond donors (Lipinski definition) is 1. The third-order valence-electron chi connectivity index (χ3n) is 4.18. The summed E-state index contributed by atoms with van der Waals surface area (Å²) in [4.78, 5) is 16.5. The minimum atomic E-state index is -0.496. The van der Waals surface area contributed by atoms with Crippen LogP contribution in [0.5, 0.6) is 11.5 Å². The molecule has 148 valence electrons. The van der Waals surface area contributed by atoms with Crippen molar-refractivity contribution >= 4 is 55.7 Å². The summed E-state index contributed by atoms with van der Waals surface area (Å²) in [5, 5.41) is 15.3. The van der Waals surface area contributed by atoms with Gasteiger partial charge in [0.2, 0.25) is 5.17 Å². The van der Waals surface area contributed by atoms with E-state index in [1.54, 1.807) is 26.4 Å². The zero-order valence-corrected chi connectivity index (χ0v) is 17.8. The van der Waals surface area contributed by atoms with Gasteiger partial charge in [-0.3, -0.25) is 10.2 Å². The number of hydrazone groups is 1. The van der Waals surface area contributed by atoms with E-state index in [0.29, 0.717) is 33.5 Å². The molecular weight excluding hydrogens is 460 g/mol. The summed E-state index contributed by atoms with van der Waals surface area (Å²) in [6.45, 7) is 0. The van der Waals surface area contributed by atoms with Gasteiger partial charge in [-0.25, -0.2) is 0 Å². The lowest BCUT2D eigenvalue weighted by atomic mass is 10.1. The molecule has 0 fully saturated rings. The molecule has 1 amide bonds. The first-order valence-electron chi connectivity index (χ1n) is 8.44. The highest BCUT2D eigenvalue weighted by atomic mass is 79.9. The number of nitrogens with zero attached hydrogens (tertiary/aromatic N) is 3. The highest BCUT2D eigenvalue weighted by molar-refractivity contribution is 9.10. The molecule has 3 heterocycles. The first kappa shape index (κ1) is 19.5. The molecule has 0 bridgehead atoms. The van der Waals surface area contributed by atoms with Crippen molar-refractivity contribution in [1.29, 1.82) is 5.41 Å². The number of hydrogen-bond acceptors (Lipinski definition) is 7. The second-order valence-corrected chi connectivity index (χ2v) is 7.84. The third kappa shape index (κ3) is 3.85. The summed E-state index contributed by atoms with van der Waals surface area (Å²) in [7, 11) is 3.16. The van der Waals surface area contributed by atoms with Gasteiger partial charge in [0.15, 0.2) is 22.0 Å². The molecule has 0 unspecified atom stereocenters. The largest absolute Gasteiger partial charge is 0.493 e. The normalized spacial score (nSPS) is 17.3. The van der Waals surface area contributed by atoms with Crippen LogP contribution in [-0.4, -0.2) is 41.2 Å². The van der Waals surface area contributed by atoms with E-state index < -0.39 is 5.91 Å². The first-order valence-corrected chi connectivity index (χ1v) is 10.0. The van der Waals surface area contributed by atoms with Crippen molar-refractivity contribution in [3.05, 3.63) is 51.9 Å². The summed E-state index contributed by atoms with van der Waals surface area (Å²) >= 11 is 4.48. The van der Waals surface area contributed by atoms with E-state index in [-0.39, 0.29) is 11.4 Å². The topological polar surface area (TPSA) is 100 Å². The van der Waals surface area contributed by atoms with Gasteiger partial charge in [-0.2, -0.15) is 15.1 Å². The summed E-state index contributed by atoms with van der Waals surface area (Å²) in [6.07, 6.45) is 1.99. The maximum atomic E-state index is 12.4. The van der Waals surface area contributed by atoms with Gasteiger partial charge in [0.25, 0.3) is 5.91 Å². The fraction of sp³-hybridized carbons (Fsp3) is 0.158. The molecule has 4 rings (SSSR count). The zero-order valence-electron chi connectivity index (χ0n) is 15.4. The molecule has 0 saturated carbocycles. The van der Waals surface area contributed by atoms with Crippen molar-refractivity contribution in [1.82, 2.24) is 5.01 Å². The summed E-state index contributed by atoms with van der Waals surface area (Å²) < 4.78 is 16.5. The van der Waals surface area contributed by atoms with Crippen molar-refractivity contribution in [3.63, 3.8) is 0 Å². The standard InChI is InChI=1S/C19H15BrN4O4S/c1-26-13-5-3-10(7-14(13)27-2)8-16-23-24-17(21)12(18(25)22-19(24)29-16)9-11-4-6-15(20)28-11/h3-7,9,21H,8H2,1-2H3/b12-9-,21-17?. The number of benzene rings is 1. The van der Waals surface area contributed by atoms with Gasteiger partial charge in [0, 0.05) is 6.42 Å². The molecule has 29 heavy (non-hydrogen) atoms. The molecule has 1 aromatic heterocycles. The van der Waals surface area contributed by atoms with E-state index in [0.717, 1.165) is 10.6 Å². The van der Waals surface area contributed by atoms with Crippen LogP contribution in [0.3, 0.4) is 0 Å². The van der Waals surface area contributed by atoms with E-state index in [1.807, 2.05) is 18.2 Å². The van der Waals surface area contributed by atoms with Gasteiger partial charge in [-0.15, -0.1) is 0 Å². The minimum absolute atomic E-state index is 0.0395. The predicted octanol–water partition coefficient (Wildman–Crippen LogP) is 3.92. The van der Waals surface area contributed by atoms with Gasteiger partial charge in [0.05, 0.1) is 19.8 Å². The van der Waals surface area contributed by atoms with E-state index in [1.165, 1.54) is 22.8 Å². The molecule has 0 radical (unpaired) electrons. The third-order valence-corrected chi connectivity index (χ3v) is 5.51. The van der Waals surface area contributed by atoms with Crippen LogP contribution < -0.4 is 9.47 Å². The molecule has 2 aliphatic rings. The number of amides is 1. The number of thioether (sulfide) groups is 1. The number of rotatable bonds is 5. The average Bonchev–Trinajstić information content (AvgIpc) is 3.30. The maximum absolute atomic E-state index is 12.4. The molecule has 1 aromatic carbocycles. The fourth-order valence-electron chi connectivity index (χ4n) is 2.82. The second-order valence-electron chi connectivity index (χ2n) is 6.02. The van der Waals surface area contributed by atoms with Gasteiger partial charge < -0.3 is 13.9 Å². The Morgan fingerprint density at radius 3 is 2.72 bits per heavy atom. The van der Waals surface area contributed by atoms with Crippen molar-refractivity contribution in [2.45, 2.75) is 6.42 Å². The minimum Gasteiger partial charge on any atom is -0.493 e. The highest BCUT2D eigenvalue weighted by Crippen LogP contribution is 2.32. The van der Waals surface area contributed by atoms with Crippen molar-refractivity contribution < 1.29 is 18.7 Å². The van der Waals surface area contributed by atoms with Crippen LogP contribution in [0.15, 0.2) is 55.1 Å². The predicted molar refractivity (Wildman–Crippen MR) is 115 cm³/mol. The SMILES string of the molecule is COc1ccc(CC2=NN3C(=N)/C(=C/c4ccc(Br)o4)C(=O)N=C3S2)cc1OC. The van der Waals surface area contributed by atoms with Crippen LogP contribution in [0.1, 0.15) is 11.3 Å². The monoisotopic (exact) mass is 474 g/mol. The lowest BCUT2D eigenvalue weighted by Crippen LogP contribution is -2.35. The molecule has 1 N–H and O–H groups in total. The number of halogens is 1. The number of aliphatic imine (C=N–C) groups is 1. The number of methoxy groups -OCH3 is 2. The fourth-order valence-corrected chi connectivity index (χ4v) is 4.05. The Balaban J connectivity index is 1.58. The van der Waals surface area contributed by atoms with E-state index in [2.05, 4.69) is 26.0 Å². The van der Waals surface area contributed by atoms with Crippen molar-refractivity contribution in [2.75, 3.05) is 14.2 Å². The van der Waals surface area contributed by atoms with Crippen LogP contribution in [0.2, 0.25) is 0 Å². The number of fused-ring (bicyclic) bond motifs is 1. The molecule has 0 saturated heterocycles. The first-order chi connectivity index (χ1) is 14.0. The van der Waals surface area contributed by atoms with E-state index >= 15 is 0 Å². The van der Waals surface area contributed by atoms with Gasteiger partial charge in [0.1, 0.15) is 10.8 Å². The lowest BCUT2D eigenvalue weighted by molar-refractivity contribution is -0.114. The summed E-state index contributed by atoms with van der Waals surface area (Å²) in [5.41, 5.74) is 1.08. The summed E-state index contributed by atoms with van der Waals surface area (Å²) in [5.74, 6) is 1.18. The molecule has 2 aromatic rings. The second kappa shape index (κ2) is 7.88. The van der Waals surface area contributed by atoms with Gasteiger partial charge in [-0.1, -0.05) is 6.07 Å². The Kier molecular flexibility index (Phi) is 5.29. The van der Waals surface area contributed by atoms with Crippen LogP contribution in [-0.2, 0) is 11.2 Å². The van der Waals surface area contributed by atoms with Crippen LogP contribution in [0, 0.1) is 5.41 Å². The van der Waals surface area contributed by atoms with E-state index in [4.69, 9.17) is 19.3 Å². The Labute approximate surface area is 178 Å².